The van der Waals surface area contributed by atoms with E-state index in [0.29, 0.717) is 11.4 Å². The second kappa shape index (κ2) is 4.69. The van der Waals surface area contributed by atoms with Crippen LogP contribution in [0.5, 0.6) is 5.75 Å². The highest BCUT2D eigenvalue weighted by atomic mass is 31.2. The van der Waals surface area contributed by atoms with Crippen LogP contribution in [0, 0.1) is 0 Å². The smallest absolute Gasteiger partial charge is 0.376 e. The molecule has 0 fully saturated rings. The van der Waals surface area contributed by atoms with E-state index in [1.807, 2.05) is 13.8 Å². The van der Waals surface area contributed by atoms with Crippen molar-refractivity contribution in [3.8, 4) is 5.75 Å². The van der Waals surface area contributed by atoms with Crippen LogP contribution in [0.4, 0.5) is 5.69 Å². The Hall–Kier alpha value is -0.990. The summed E-state index contributed by atoms with van der Waals surface area (Å²) in [6.45, 7) is 5.06. The number of nitrogens with two attached hydrogens (primary N) is 1. The Morgan fingerprint density at radius 2 is 1.80 bits per heavy atom. The summed E-state index contributed by atoms with van der Waals surface area (Å²) in [6, 6.07) is 6.69. The molecule has 1 atom stereocenters. The summed E-state index contributed by atoms with van der Waals surface area (Å²) in [5, 5.41) is 0. The van der Waals surface area contributed by atoms with Crippen molar-refractivity contribution in [2.24, 2.45) is 0 Å². The molecule has 0 aliphatic heterocycles. The van der Waals surface area contributed by atoms with Gasteiger partial charge in [-0.2, -0.15) is 0 Å². The molecular formula is C10H16NO3P. The molecule has 2 N–H and O–H groups in total. The van der Waals surface area contributed by atoms with Crippen LogP contribution in [0.1, 0.15) is 13.8 Å². The van der Waals surface area contributed by atoms with Gasteiger partial charge < -0.3 is 10.3 Å². The van der Waals surface area contributed by atoms with Crippen LogP contribution in [0.15, 0.2) is 24.3 Å². The summed E-state index contributed by atoms with van der Waals surface area (Å²) >= 11 is 0. The summed E-state index contributed by atoms with van der Waals surface area (Å²) in [5.74, 6) is 0.496. The van der Waals surface area contributed by atoms with Gasteiger partial charge in [0.1, 0.15) is 5.75 Å². The predicted octanol–water partition coefficient (Wildman–Crippen LogP) is 2.90. The number of rotatable bonds is 4. The highest BCUT2D eigenvalue weighted by molar-refractivity contribution is 7.53. The molecule has 0 unspecified atom stereocenters. The summed E-state index contributed by atoms with van der Waals surface area (Å²) in [7, 11) is -3.03. The average molecular weight is 229 g/mol. The zero-order valence-electron chi connectivity index (χ0n) is 9.14. The van der Waals surface area contributed by atoms with Crippen LogP contribution in [-0.4, -0.2) is 12.8 Å². The molecule has 1 aromatic rings. The van der Waals surface area contributed by atoms with E-state index in [-0.39, 0.29) is 6.10 Å². The molecule has 1 aromatic carbocycles. The topological polar surface area (TPSA) is 61.5 Å². The van der Waals surface area contributed by atoms with E-state index in [1.54, 1.807) is 24.3 Å². The first-order valence-corrected chi connectivity index (χ1v) is 6.69. The zero-order chi connectivity index (χ0) is 11.5. The van der Waals surface area contributed by atoms with Gasteiger partial charge in [0.2, 0.25) is 0 Å². The van der Waals surface area contributed by atoms with Gasteiger partial charge in [0.05, 0.1) is 6.10 Å². The molecule has 0 aliphatic rings. The molecule has 0 heterocycles. The highest BCUT2D eigenvalue weighted by Crippen LogP contribution is 2.45. The maximum absolute atomic E-state index is 11.8. The van der Waals surface area contributed by atoms with Gasteiger partial charge in [0.15, 0.2) is 0 Å². The monoisotopic (exact) mass is 229 g/mol. The predicted molar refractivity (Wildman–Crippen MR) is 61.2 cm³/mol. The van der Waals surface area contributed by atoms with Crippen molar-refractivity contribution < 1.29 is 13.6 Å². The van der Waals surface area contributed by atoms with E-state index in [9.17, 15) is 4.57 Å². The maximum atomic E-state index is 11.8. The number of hydrogen-bond acceptors (Lipinski definition) is 4. The fourth-order valence-electron chi connectivity index (χ4n) is 1.12. The normalized spacial score (nSPS) is 14.9. The molecule has 0 saturated heterocycles. The zero-order valence-corrected chi connectivity index (χ0v) is 10.0. The minimum atomic E-state index is -3.03. The van der Waals surface area contributed by atoms with Crippen LogP contribution in [0.2, 0.25) is 0 Å². The first kappa shape index (κ1) is 12.1. The van der Waals surface area contributed by atoms with Crippen molar-refractivity contribution in [3.63, 3.8) is 0 Å². The van der Waals surface area contributed by atoms with Gasteiger partial charge in [-0.1, -0.05) is 0 Å². The highest BCUT2D eigenvalue weighted by Gasteiger charge is 2.20. The molecule has 1 rings (SSSR count). The van der Waals surface area contributed by atoms with E-state index in [2.05, 4.69) is 0 Å². The maximum Gasteiger partial charge on any atom is 0.376 e. The largest absolute Gasteiger partial charge is 0.425 e. The lowest BCUT2D eigenvalue weighted by Crippen LogP contribution is -2.03. The first-order chi connectivity index (χ1) is 6.89. The third-order valence-electron chi connectivity index (χ3n) is 1.55. The minimum absolute atomic E-state index is 0.130. The second-order valence-corrected chi connectivity index (χ2v) is 5.52. The van der Waals surface area contributed by atoms with E-state index in [4.69, 9.17) is 14.8 Å². The molecule has 0 aliphatic carbocycles. The third kappa shape index (κ3) is 4.36. The van der Waals surface area contributed by atoms with Gasteiger partial charge in [-0.15, -0.1) is 0 Å². The number of hydrogen-bond donors (Lipinski definition) is 1. The molecule has 0 saturated carbocycles. The first-order valence-electron chi connectivity index (χ1n) is 4.70. The average Bonchev–Trinajstić information content (AvgIpc) is 2.06. The Balaban J connectivity index is 2.69. The SMILES string of the molecule is CC(C)O[P@](C)(=O)Oc1ccc(N)cc1. The van der Waals surface area contributed by atoms with Gasteiger partial charge in [-0.25, -0.2) is 4.57 Å². The lowest BCUT2D eigenvalue weighted by molar-refractivity contribution is 0.213. The summed E-state index contributed by atoms with van der Waals surface area (Å²) in [4.78, 5) is 0. The van der Waals surface area contributed by atoms with Gasteiger partial charge in [-0.3, -0.25) is 4.52 Å². The van der Waals surface area contributed by atoms with Crippen LogP contribution < -0.4 is 10.3 Å². The quantitative estimate of drug-likeness (QED) is 0.637. The third-order valence-corrected chi connectivity index (χ3v) is 2.90. The van der Waals surface area contributed by atoms with Gasteiger partial charge in [-0.05, 0) is 38.1 Å². The molecule has 84 valence electrons. The lowest BCUT2D eigenvalue weighted by atomic mass is 10.3. The molecular weight excluding hydrogens is 213 g/mol. The summed E-state index contributed by atoms with van der Waals surface area (Å²) in [6.07, 6.45) is -0.130. The van der Waals surface area contributed by atoms with Crippen LogP contribution in [0.25, 0.3) is 0 Å². The summed E-state index contributed by atoms with van der Waals surface area (Å²) < 4.78 is 22.2. The van der Waals surface area contributed by atoms with Gasteiger partial charge in [0, 0.05) is 12.4 Å². The molecule has 4 nitrogen and oxygen atoms in total. The van der Waals surface area contributed by atoms with Crippen molar-refractivity contribution in [1.29, 1.82) is 0 Å². The molecule has 0 bridgehead atoms. The van der Waals surface area contributed by atoms with Crippen LogP contribution in [-0.2, 0) is 9.09 Å². The van der Waals surface area contributed by atoms with E-state index in [1.165, 1.54) is 6.66 Å². The van der Waals surface area contributed by atoms with Gasteiger partial charge in [0.25, 0.3) is 0 Å². The molecule has 15 heavy (non-hydrogen) atoms. The van der Waals surface area contributed by atoms with E-state index in [0.717, 1.165) is 0 Å². The molecule has 0 radical (unpaired) electrons. The fourth-order valence-corrected chi connectivity index (χ4v) is 2.44. The van der Waals surface area contributed by atoms with Gasteiger partial charge >= 0.3 is 7.60 Å². The van der Waals surface area contributed by atoms with Crippen molar-refractivity contribution in [2.45, 2.75) is 20.0 Å². The summed E-state index contributed by atoms with van der Waals surface area (Å²) in [5.41, 5.74) is 6.15. The van der Waals surface area contributed by atoms with Crippen LogP contribution >= 0.6 is 7.60 Å². The van der Waals surface area contributed by atoms with Crippen molar-refractivity contribution in [1.82, 2.24) is 0 Å². The van der Waals surface area contributed by atoms with E-state index >= 15 is 0 Å². The Labute approximate surface area is 89.9 Å². The second-order valence-electron chi connectivity index (χ2n) is 3.59. The Morgan fingerprint density at radius 3 is 2.27 bits per heavy atom. The standard InChI is InChI=1S/C10H16NO3P/c1-8(2)13-15(3,12)14-10-6-4-9(11)5-7-10/h4-8H,11H2,1-3H3/t15-/m0/s1. The van der Waals surface area contributed by atoms with E-state index < -0.39 is 7.60 Å². The van der Waals surface area contributed by atoms with Crippen LogP contribution in [0.3, 0.4) is 0 Å². The van der Waals surface area contributed by atoms with Crippen molar-refractivity contribution >= 4 is 13.3 Å². The minimum Gasteiger partial charge on any atom is -0.425 e. The van der Waals surface area contributed by atoms with Crippen molar-refractivity contribution in [3.05, 3.63) is 24.3 Å². The number of benzene rings is 1. The number of anilines is 1. The molecule has 5 heteroatoms. The fraction of sp³-hybridized carbons (Fsp3) is 0.400. The molecule has 0 spiro atoms. The Bertz CT molecular complexity index is 361. The lowest BCUT2D eigenvalue weighted by Gasteiger charge is -2.17. The Kier molecular flexibility index (Phi) is 3.77. The molecule has 0 aromatic heterocycles. The Morgan fingerprint density at radius 1 is 1.27 bits per heavy atom. The van der Waals surface area contributed by atoms with Crippen molar-refractivity contribution in [2.75, 3.05) is 12.4 Å². The number of nitrogen functional groups attached to an aromatic ring is 1. The molecule has 0 amide bonds.